The molecule has 1 aromatic carbocycles. The van der Waals surface area contributed by atoms with Crippen molar-refractivity contribution in [2.24, 2.45) is 0 Å². The van der Waals surface area contributed by atoms with Crippen molar-refractivity contribution in [2.75, 3.05) is 19.7 Å². The average Bonchev–Trinajstić information content (AvgIpc) is 3.17. The predicted octanol–water partition coefficient (Wildman–Crippen LogP) is 2.77. The number of ether oxygens (including phenoxy) is 3. The zero-order valence-corrected chi connectivity index (χ0v) is 11.6. The van der Waals surface area contributed by atoms with Crippen LogP contribution in [0.25, 0.3) is 0 Å². The molecule has 1 fully saturated rings. The molecule has 0 bridgehead atoms. The molecule has 0 amide bonds. The first-order valence-corrected chi connectivity index (χ1v) is 7.31. The van der Waals surface area contributed by atoms with Gasteiger partial charge in [0.05, 0.1) is 6.61 Å². The zero-order chi connectivity index (χ0) is 13.6. The van der Waals surface area contributed by atoms with Crippen LogP contribution < -0.4 is 10.1 Å². The monoisotopic (exact) mass is 275 g/mol. The van der Waals surface area contributed by atoms with Crippen LogP contribution in [0, 0.1) is 0 Å². The van der Waals surface area contributed by atoms with Crippen LogP contribution in [0.5, 0.6) is 5.75 Å². The average molecular weight is 275 g/mol. The van der Waals surface area contributed by atoms with E-state index < -0.39 is 0 Å². The summed E-state index contributed by atoms with van der Waals surface area (Å²) in [6.45, 7) is 2.91. The number of hydrogen-bond acceptors (Lipinski definition) is 4. The van der Waals surface area contributed by atoms with Crippen LogP contribution >= 0.6 is 0 Å². The largest absolute Gasteiger partial charge is 0.494 e. The molecule has 0 radical (unpaired) electrons. The Morgan fingerprint density at radius 2 is 1.95 bits per heavy atom. The second-order valence-corrected chi connectivity index (χ2v) is 5.22. The van der Waals surface area contributed by atoms with E-state index in [1.165, 1.54) is 12.0 Å². The Labute approximate surface area is 119 Å². The molecular formula is C16H21NO3. The molecule has 0 aromatic heterocycles. The minimum atomic E-state index is -0.129. The van der Waals surface area contributed by atoms with Gasteiger partial charge in [-0.15, -0.1) is 0 Å². The highest BCUT2D eigenvalue weighted by atomic mass is 16.7. The van der Waals surface area contributed by atoms with Crippen molar-refractivity contribution >= 4 is 0 Å². The SMILES string of the molecule is C1=COC(CCCOc2ccc(C3CCNC3)cc2)O1. The summed E-state index contributed by atoms with van der Waals surface area (Å²) in [7, 11) is 0. The summed E-state index contributed by atoms with van der Waals surface area (Å²) in [5.41, 5.74) is 1.40. The summed E-state index contributed by atoms with van der Waals surface area (Å²) in [5.74, 6) is 1.60. The fraction of sp³-hybridized carbons (Fsp3) is 0.500. The third-order valence-corrected chi connectivity index (χ3v) is 3.78. The van der Waals surface area contributed by atoms with Gasteiger partial charge < -0.3 is 19.5 Å². The van der Waals surface area contributed by atoms with Gasteiger partial charge in [-0.1, -0.05) is 12.1 Å². The van der Waals surface area contributed by atoms with Gasteiger partial charge >= 0.3 is 0 Å². The van der Waals surface area contributed by atoms with E-state index in [-0.39, 0.29) is 6.29 Å². The van der Waals surface area contributed by atoms with Crippen LogP contribution in [0.4, 0.5) is 0 Å². The van der Waals surface area contributed by atoms with Gasteiger partial charge in [0.1, 0.15) is 18.3 Å². The van der Waals surface area contributed by atoms with Gasteiger partial charge in [-0.05, 0) is 43.0 Å². The van der Waals surface area contributed by atoms with E-state index in [9.17, 15) is 0 Å². The maximum Gasteiger partial charge on any atom is 0.239 e. The highest BCUT2D eigenvalue weighted by Gasteiger charge is 2.16. The Morgan fingerprint density at radius 1 is 1.15 bits per heavy atom. The molecule has 1 unspecified atom stereocenters. The van der Waals surface area contributed by atoms with Crippen molar-refractivity contribution < 1.29 is 14.2 Å². The summed E-state index contributed by atoms with van der Waals surface area (Å²) >= 11 is 0. The highest BCUT2D eigenvalue weighted by molar-refractivity contribution is 5.30. The van der Waals surface area contributed by atoms with E-state index in [0.29, 0.717) is 12.5 Å². The Hall–Kier alpha value is -1.68. The fourth-order valence-electron chi connectivity index (χ4n) is 2.62. The Balaban J connectivity index is 1.39. The number of benzene rings is 1. The molecule has 0 spiro atoms. The van der Waals surface area contributed by atoms with Crippen LogP contribution in [0.1, 0.15) is 30.7 Å². The maximum atomic E-state index is 5.74. The van der Waals surface area contributed by atoms with Gasteiger partial charge in [0, 0.05) is 13.0 Å². The summed E-state index contributed by atoms with van der Waals surface area (Å²) in [6, 6.07) is 8.50. The molecule has 2 aliphatic rings. The first kappa shape index (κ1) is 13.3. The van der Waals surface area contributed by atoms with E-state index >= 15 is 0 Å². The van der Waals surface area contributed by atoms with Gasteiger partial charge in [0.15, 0.2) is 0 Å². The summed E-state index contributed by atoms with van der Waals surface area (Å²) < 4.78 is 16.2. The van der Waals surface area contributed by atoms with Gasteiger partial charge in [0.2, 0.25) is 6.29 Å². The van der Waals surface area contributed by atoms with E-state index in [1.54, 1.807) is 12.5 Å². The first-order chi connectivity index (χ1) is 9.92. The molecule has 20 heavy (non-hydrogen) atoms. The molecule has 2 aliphatic heterocycles. The normalized spacial score (nSPS) is 21.7. The van der Waals surface area contributed by atoms with Crippen molar-refractivity contribution in [1.82, 2.24) is 5.32 Å². The number of hydrogen-bond donors (Lipinski definition) is 1. The molecule has 108 valence electrons. The molecule has 4 nitrogen and oxygen atoms in total. The molecule has 2 heterocycles. The van der Waals surface area contributed by atoms with Gasteiger partial charge in [-0.25, -0.2) is 0 Å². The second kappa shape index (κ2) is 6.66. The summed E-state index contributed by atoms with van der Waals surface area (Å²) in [5, 5.41) is 3.39. The van der Waals surface area contributed by atoms with Crippen LogP contribution in [0.2, 0.25) is 0 Å². The van der Waals surface area contributed by atoms with E-state index in [1.807, 2.05) is 0 Å². The van der Waals surface area contributed by atoms with Crippen molar-refractivity contribution in [1.29, 1.82) is 0 Å². The highest BCUT2D eigenvalue weighted by Crippen LogP contribution is 2.24. The van der Waals surface area contributed by atoms with Gasteiger partial charge in [0.25, 0.3) is 0 Å². The Kier molecular flexibility index (Phi) is 4.43. The van der Waals surface area contributed by atoms with Crippen LogP contribution in [-0.4, -0.2) is 26.0 Å². The van der Waals surface area contributed by atoms with Crippen LogP contribution in [-0.2, 0) is 9.47 Å². The fourth-order valence-corrected chi connectivity index (χ4v) is 2.62. The van der Waals surface area contributed by atoms with Gasteiger partial charge in [-0.2, -0.15) is 0 Å². The molecule has 3 rings (SSSR count). The van der Waals surface area contributed by atoms with E-state index in [2.05, 4.69) is 29.6 Å². The minimum absolute atomic E-state index is 0.129. The van der Waals surface area contributed by atoms with Crippen molar-refractivity contribution in [3.8, 4) is 5.75 Å². The molecule has 1 aromatic rings. The Bertz CT molecular complexity index is 430. The standard InChI is InChI=1S/C16H21NO3/c1(2-16-19-10-11-20-16)9-18-15-5-3-13(4-6-15)14-7-8-17-12-14/h3-6,10-11,14,16-17H,1-2,7-9,12H2. The molecule has 4 heteroatoms. The summed E-state index contributed by atoms with van der Waals surface area (Å²) in [4.78, 5) is 0. The van der Waals surface area contributed by atoms with Crippen molar-refractivity contribution in [2.45, 2.75) is 31.5 Å². The van der Waals surface area contributed by atoms with Gasteiger partial charge in [-0.3, -0.25) is 0 Å². The molecular weight excluding hydrogens is 254 g/mol. The van der Waals surface area contributed by atoms with E-state index in [0.717, 1.165) is 31.7 Å². The van der Waals surface area contributed by atoms with Crippen molar-refractivity contribution in [3.05, 3.63) is 42.4 Å². The second-order valence-electron chi connectivity index (χ2n) is 5.22. The summed E-state index contributed by atoms with van der Waals surface area (Å²) in [6.07, 6.45) is 6.04. The van der Waals surface area contributed by atoms with Crippen LogP contribution in [0.15, 0.2) is 36.8 Å². The van der Waals surface area contributed by atoms with Crippen LogP contribution in [0.3, 0.4) is 0 Å². The number of rotatable bonds is 6. The molecule has 1 N–H and O–H groups in total. The first-order valence-electron chi connectivity index (χ1n) is 7.31. The quantitative estimate of drug-likeness (QED) is 0.810. The lowest BCUT2D eigenvalue weighted by atomic mass is 9.98. The molecule has 1 saturated heterocycles. The topological polar surface area (TPSA) is 39.7 Å². The minimum Gasteiger partial charge on any atom is -0.494 e. The molecule has 1 atom stereocenters. The maximum absolute atomic E-state index is 5.74. The molecule has 0 aliphatic carbocycles. The number of nitrogens with one attached hydrogen (secondary N) is 1. The lowest BCUT2D eigenvalue weighted by Crippen LogP contribution is -2.09. The smallest absolute Gasteiger partial charge is 0.239 e. The third kappa shape index (κ3) is 3.45. The predicted molar refractivity (Wildman–Crippen MR) is 76.5 cm³/mol. The molecule has 0 saturated carbocycles. The third-order valence-electron chi connectivity index (χ3n) is 3.78. The van der Waals surface area contributed by atoms with Crippen molar-refractivity contribution in [3.63, 3.8) is 0 Å². The lowest BCUT2D eigenvalue weighted by molar-refractivity contribution is -0.0310. The lowest BCUT2D eigenvalue weighted by Gasteiger charge is -2.12. The Morgan fingerprint density at radius 3 is 2.65 bits per heavy atom. The van der Waals surface area contributed by atoms with E-state index in [4.69, 9.17) is 14.2 Å². The zero-order valence-electron chi connectivity index (χ0n) is 11.6.